The van der Waals surface area contributed by atoms with Gasteiger partial charge in [0.05, 0.1) is 28.5 Å². The number of carbonyl (C=O) groups is 1. The fourth-order valence-corrected chi connectivity index (χ4v) is 3.36. The summed E-state index contributed by atoms with van der Waals surface area (Å²) in [5.74, 6) is -0.113. The largest absolute Gasteiger partial charge is 0.356 e. The molecule has 3 heterocycles. The van der Waals surface area contributed by atoms with Gasteiger partial charge in [-0.05, 0) is 49.4 Å². The fourth-order valence-electron chi connectivity index (χ4n) is 3.36. The zero-order valence-electron chi connectivity index (χ0n) is 16.3. The topological polar surface area (TPSA) is 94.0 Å². The second-order valence-corrected chi connectivity index (χ2v) is 6.92. The van der Waals surface area contributed by atoms with Gasteiger partial charge in [-0.15, -0.1) is 0 Å². The Labute approximate surface area is 175 Å². The molecular formula is C23H15FN4O3. The zero-order chi connectivity index (χ0) is 21.4. The highest BCUT2D eigenvalue weighted by Crippen LogP contribution is 2.28. The first-order valence-electron chi connectivity index (χ1n) is 9.44. The monoisotopic (exact) mass is 414 g/mol. The first-order valence-corrected chi connectivity index (χ1v) is 9.44. The predicted molar refractivity (Wildman–Crippen MR) is 112 cm³/mol. The molecule has 5 rings (SSSR count). The van der Waals surface area contributed by atoms with E-state index in [-0.39, 0.29) is 17.4 Å². The summed E-state index contributed by atoms with van der Waals surface area (Å²) in [6, 6.07) is 16.5. The fraction of sp³-hybridized carbons (Fsp3) is 0.0435. The van der Waals surface area contributed by atoms with Crippen molar-refractivity contribution < 1.29 is 18.2 Å². The van der Waals surface area contributed by atoms with Crippen LogP contribution in [0.5, 0.6) is 0 Å². The van der Waals surface area contributed by atoms with Gasteiger partial charge in [-0.2, -0.15) is 0 Å². The van der Waals surface area contributed by atoms with Crippen molar-refractivity contribution in [3.63, 3.8) is 0 Å². The summed E-state index contributed by atoms with van der Waals surface area (Å²) in [7, 11) is 0. The van der Waals surface area contributed by atoms with Crippen LogP contribution in [-0.2, 0) is 0 Å². The molecule has 1 N–H and O–H groups in total. The number of aromatic nitrogens is 3. The van der Waals surface area contributed by atoms with Gasteiger partial charge in [-0.3, -0.25) is 4.79 Å². The summed E-state index contributed by atoms with van der Waals surface area (Å²) in [5, 5.41) is 11.1. The molecule has 0 spiro atoms. The summed E-state index contributed by atoms with van der Waals surface area (Å²) < 4.78 is 23.8. The van der Waals surface area contributed by atoms with Gasteiger partial charge in [0, 0.05) is 22.9 Å². The van der Waals surface area contributed by atoms with Crippen LogP contribution in [0.15, 0.2) is 75.9 Å². The van der Waals surface area contributed by atoms with Crippen molar-refractivity contribution in [1.29, 1.82) is 0 Å². The van der Waals surface area contributed by atoms with Crippen molar-refractivity contribution in [2.45, 2.75) is 6.92 Å². The molecule has 152 valence electrons. The first kappa shape index (κ1) is 18.7. The van der Waals surface area contributed by atoms with E-state index in [2.05, 4.69) is 20.6 Å². The molecule has 2 aromatic carbocycles. The lowest BCUT2D eigenvalue weighted by Gasteiger charge is -2.09. The third-order valence-corrected chi connectivity index (χ3v) is 4.84. The number of rotatable bonds is 4. The van der Waals surface area contributed by atoms with Crippen molar-refractivity contribution in [2.75, 3.05) is 5.32 Å². The molecule has 0 unspecified atom stereocenters. The third-order valence-electron chi connectivity index (χ3n) is 4.84. The number of amides is 1. The maximum absolute atomic E-state index is 13.3. The molecule has 7 nitrogen and oxygen atoms in total. The predicted octanol–water partition coefficient (Wildman–Crippen LogP) is 5.24. The minimum absolute atomic E-state index is 0.236. The van der Waals surface area contributed by atoms with Gasteiger partial charge in [0.1, 0.15) is 5.82 Å². The van der Waals surface area contributed by atoms with E-state index < -0.39 is 0 Å². The Bertz CT molecular complexity index is 1390. The number of anilines is 1. The molecule has 8 heteroatoms. The van der Waals surface area contributed by atoms with Crippen LogP contribution in [0.1, 0.15) is 16.1 Å². The summed E-state index contributed by atoms with van der Waals surface area (Å²) >= 11 is 0. The Morgan fingerprint density at radius 1 is 1.00 bits per heavy atom. The maximum atomic E-state index is 13.3. The van der Waals surface area contributed by atoms with E-state index in [9.17, 15) is 9.18 Å². The molecule has 31 heavy (non-hydrogen) atoms. The van der Waals surface area contributed by atoms with E-state index in [0.717, 1.165) is 5.56 Å². The molecule has 0 radical (unpaired) electrons. The van der Waals surface area contributed by atoms with Gasteiger partial charge in [-0.25, -0.2) is 9.37 Å². The highest BCUT2D eigenvalue weighted by Gasteiger charge is 2.20. The second kappa shape index (κ2) is 7.49. The molecule has 0 aliphatic carbocycles. The van der Waals surface area contributed by atoms with Crippen LogP contribution in [0, 0.1) is 12.7 Å². The number of aryl methyl sites for hydroxylation is 1. The Kier molecular flexibility index (Phi) is 4.51. The molecule has 0 fully saturated rings. The number of nitrogens with zero attached hydrogens (tertiary/aromatic N) is 3. The highest BCUT2D eigenvalue weighted by molar-refractivity contribution is 6.13. The lowest BCUT2D eigenvalue weighted by molar-refractivity contribution is 0.102. The van der Waals surface area contributed by atoms with Crippen molar-refractivity contribution in [1.82, 2.24) is 15.3 Å². The molecule has 0 bridgehead atoms. The molecule has 0 saturated heterocycles. The van der Waals surface area contributed by atoms with E-state index in [4.69, 9.17) is 9.05 Å². The first-order chi connectivity index (χ1) is 15.1. The zero-order valence-corrected chi connectivity index (χ0v) is 16.3. The number of carbonyl (C=O) groups excluding carboxylic acids is 1. The Morgan fingerprint density at radius 2 is 1.84 bits per heavy atom. The summed E-state index contributed by atoms with van der Waals surface area (Å²) in [6.45, 7) is 1.74. The van der Waals surface area contributed by atoms with E-state index in [1.165, 1.54) is 12.1 Å². The second-order valence-electron chi connectivity index (χ2n) is 6.92. The lowest BCUT2D eigenvalue weighted by atomic mass is 10.0. The van der Waals surface area contributed by atoms with Crippen molar-refractivity contribution in [2.24, 2.45) is 0 Å². The molecule has 0 atom stereocenters. The number of pyridine rings is 1. The minimum Gasteiger partial charge on any atom is -0.356 e. The number of benzene rings is 2. The average molecular weight is 414 g/mol. The molecule has 0 aliphatic rings. The SMILES string of the molecule is Cc1noc2nc(-c3ccc(F)cc3)cc(C(=O)Nc3cccc(-c4ccno4)c3)c12. The minimum atomic E-state index is -0.357. The van der Waals surface area contributed by atoms with Gasteiger partial charge >= 0.3 is 0 Å². The highest BCUT2D eigenvalue weighted by atomic mass is 19.1. The number of halogens is 1. The van der Waals surface area contributed by atoms with Crippen LogP contribution < -0.4 is 5.32 Å². The summed E-state index contributed by atoms with van der Waals surface area (Å²) in [5.41, 5.74) is 3.63. The van der Waals surface area contributed by atoms with E-state index >= 15 is 0 Å². The van der Waals surface area contributed by atoms with Crippen molar-refractivity contribution in [3.05, 3.63) is 83.9 Å². The smallest absolute Gasteiger partial charge is 0.259 e. The van der Waals surface area contributed by atoms with E-state index in [1.54, 1.807) is 49.5 Å². The van der Waals surface area contributed by atoms with Crippen LogP contribution in [0.25, 0.3) is 33.7 Å². The Hall–Kier alpha value is -4.33. The summed E-state index contributed by atoms with van der Waals surface area (Å²) in [6.07, 6.45) is 1.56. The quantitative estimate of drug-likeness (QED) is 0.432. The normalized spacial score (nSPS) is 11.0. The number of nitrogens with one attached hydrogen (secondary N) is 1. The van der Waals surface area contributed by atoms with E-state index in [0.29, 0.717) is 39.3 Å². The standard InChI is InChI=1S/C23H15FN4O3/c1-13-21-18(12-19(27-23(21)31-28-13)14-5-7-16(24)8-6-14)22(29)26-17-4-2-3-15(11-17)20-9-10-25-30-20/h2-12H,1H3,(H,26,29). The van der Waals surface area contributed by atoms with Crippen LogP contribution >= 0.6 is 0 Å². The number of fused-ring (bicyclic) bond motifs is 1. The van der Waals surface area contributed by atoms with Gasteiger partial charge in [-0.1, -0.05) is 22.4 Å². The van der Waals surface area contributed by atoms with Gasteiger partial charge < -0.3 is 14.4 Å². The number of hydrogen-bond acceptors (Lipinski definition) is 6. The molecule has 0 saturated carbocycles. The van der Waals surface area contributed by atoms with Gasteiger partial charge in [0.25, 0.3) is 11.6 Å². The molecule has 3 aromatic heterocycles. The van der Waals surface area contributed by atoms with Gasteiger partial charge in [0.15, 0.2) is 5.76 Å². The van der Waals surface area contributed by atoms with Crippen molar-refractivity contribution >= 4 is 22.7 Å². The van der Waals surface area contributed by atoms with Gasteiger partial charge in [0.2, 0.25) is 0 Å². The molecule has 0 aliphatic heterocycles. The maximum Gasteiger partial charge on any atom is 0.259 e. The summed E-state index contributed by atoms with van der Waals surface area (Å²) in [4.78, 5) is 17.7. The van der Waals surface area contributed by atoms with E-state index in [1.807, 2.05) is 12.1 Å². The van der Waals surface area contributed by atoms with Crippen LogP contribution in [-0.4, -0.2) is 21.2 Å². The Balaban J connectivity index is 1.54. The lowest BCUT2D eigenvalue weighted by Crippen LogP contribution is -2.13. The number of hydrogen-bond donors (Lipinski definition) is 1. The molecule has 1 amide bonds. The Morgan fingerprint density at radius 3 is 2.61 bits per heavy atom. The van der Waals surface area contributed by atoms with Crippen LogP contribution in [0.3, 0.4) is 0 Å². The average Bonchev–Trinajstić information content (AvgIpc) is 3.44. The van der Waals surface area contributed by atoms with Crippen molar-refractivity contribution in [3.8, 4) is 22.6 Å². The van der Waals surface area contributed by atoms with Crippen LogP contribution in [0.2, 0.25) is 0 Å². The van der Waals surface area contributed by atoms with Crippen LogP contribution in [0.4, 0.5) is 10.1 Å². The molecular weight excluding hydrogens is 399 g/mol. The molecule has 5 aromatic rings. The third kappa shape index (κ3) is 3.55.